The van der Waals surface area contributed by atoms with Gasteiger partial charge in [-0.15, -0.1) is 11.3 Å². The third kappa shape index (κ3) is 6.19. The number of carbonyl (C=O) groups excluding carboxylic acids is 1. The molecule has 2 aromatic heterocycles. The number of nitrogens with zero attached hydrogens (tertiary/aromatic N) is 4. The molecule has 0 aliphatic heterocycles. The van der Waals surface area contributed by atoms with Crippen LogP contribution in [0, 0.1) is 0 Å². The van der Waals surface area contributed by atoms with E-state index in [1.54, 1.807) is 24.6 Å². The lowest BCUT2D eigenvalue weighted by Gasteiger charge is -2.24. The monoisotopic (exact) mass is 456 g/mol. The van der Waals surface area contributed by atoms with Crippen LogP contribution >= 0.6 is 11.3 Å². The lowest BCUT2D eigenvalue weighted by molar-refractivity contribution is 0.256. The van der Waals surface area contributed by atoms with Gasteiger partial charge in [-0.3, -0.25) is 4.68 Å². The van der Waals surface area contributed by atoms with Crippen LogP contribution in [0.25, 0.3) is 0 Å². The molecule has 30 heavy (non-hydrogen) atoms. The van der Waals surface area contributed by atoms with E-state index in [-0.39, 0.29) is 12.5 Å². The van der Waals surface area contributed by atoms with Gasteiger partial charge in [0.15, 0.2) is 0 Å². The molecule has 0 fully saturated rings. The molecule has 0 saturated heterocycles. The molecular formula is C19H32N6O3S2. The van der Waals surface area contributed by atoms with Gasteiger partial charge in [0.25, 0.3) is 0 Å². The molecule has 0 atom stereocenters. The minimum absolute atomic E-state index is 0.175. The lowest BCUT2D eigenvalue weighted by Crippen LogP contribution is -2.47. The summed E-state index contributed by atoms with van der Waals surface area (Å²) in [7, 11) is 1.28. The van der Waals surface area contributed by atoms with Crippen LogP contribution in [0.1, 0.15) is 49.3 Å². The Morgan fingerprint density at radius 1 is 1.20 bits per heavy atom. The Hall–Kier alpha value is -2.11. The summed E-state index contributed by atoms with van der Waals surface area (Å²) >= 11 is 1.63. The molecule has 9 nitrogen and oxygen atoms in total. The maximum atomic E-state index is 13.0. The molecule has 2 N–H and O–H groups in total. The predicted molar refractivity (Wildman–Crippen MR) is 123 cm³/mol. The molecular weight excluding hydrogens is 424 g/mol. The van der Waals surface area contributed by atoms with Gasteiger partial charge in [-0.05, 0) is 32.0 Å². The standard InChI is InChI=1S/C19H32N6O3S2/c1-13(2)17-10-16(18(29-17)14(3)4)21-19(26)22-30(27,28)25(9-8-23(5)6)15-11-20-24(7)12-15/h10-14H,8-9H2,1-7H3,(H2,21,22,26). The third-order valence-electron chi connectivity index (χ3n) is 4.36. The van der Waals surface area contributed by atoms with Crippen molar-refractivity contribution >= 4 is 39.0 Å². The molecule has 0 aliphatic carbocycles. The number of thiophene rings is 1. The number of aryl methyl sites for hydroxylation is 1. The Morgan fingerprint density at radius 3 is 2.37 bits per heavy atom. The number of hydrogen-bond acceptors (Lipinski definition) is 6. The summed E-state index contributed by atoms with van der Waals surface area (Å²) in [6.45, 7) is 8.91. The van der Waals surface area contributed by atoms with Gasteiger partial charge in [-0.2, -0.15) is 13.5 Å². The number of hydrogen-bond donors (Lipinski definition) is 2. The van der Waals surface area contributed by atoms with Crippen molar-refractivity contribution < 1.29 is 13.2 Å². The number of rotatable bonds is 9. The Kier molecular flexibility index (Phi) is 7.89. The van der Waals surface area contributed by atoms with Crippen molar-refractivity contribution in [3.05, 3.63) is 28.2 Å². The van der Waals surface area contributed by atoms with Crippen LogP contribution in [0.15, 0.2) is 18.5 Å². The van der Waals surface area contributed by atoms with E-state index in [1.165, 1.54) is 10.9 Å². The van der Waals surface area contributed by atoms with Crippen molar-refractivity contribution in [3.8, 4) is 0 Å². The molecule has 168 valence electrons. The number of carbonyl (C=O) groups is 1. The van der Waals surface area contributed by atoms with E-state index >= 15 is 0 Å². The number of likely N-dealkylation sites (N-methyl/N-ethyl adjacent to an activating group) is 1. The van der Waals surface area contributed by atoms with Crippen molar-refractivity contribution in [3.63, 3.8) is 0 Å². The van der Waals surface area contributed by atoms with Crippen LogP contribution in [-0.2, 0) is 17.3 Å². The van der Waals surface area contributed by atoms with Crippen LogP contribution in [0.4, 0.5) is 16.2 Å². The molecule has 11 heteroatoms. The molecule has 0 aliphatic rings. The average molecular weight is 457 g/mol. The molecule has 2 heterocycles. The minimum Gasteiger partial charge on any atom is -0.308 e. The molecule has 0 spiro atoms. The lowest BCUT2D eigenvalue weighted by atomic mass is 10.1. The summed E-state index contributed by atoms with van der Waals surface area (Å²) in [4.78, 5) is 16.6. The molecule has 0 radical (unpaired) electrons. The number of urea groups is 1. The van der Waals surface area contributed by atoms with E-state index in [2.05, 4.69) is 29.0 Å². The normalized spacial score (nSPS) is 12.1. The number of nitrogens with one attached hydrogen (secondary N) is 2. The van der Waals surface area contributed by atoms with Crippen molar-refractivity contribution in [2.24, 2.45) is 7.05 Å². The van der Waals surface area contributed by atoms with E-state index in [1.807, 2.05) is 38.9 Å². The van der Waals surface area contributed by atoms with E-state index in [4.69, 9.17) is 0 Å². The second-order valence-electron chi connectivity index (χ2n) is 8.04. The highest BCUT2D eigenvalue weighted by Gasteiger charge is 2.27. The van der Waals surface area contributed by atoms with Gasteiger partial charge in [0.05, 0.1) is 17.6 Å². The zero-order valence-corrected chi connectivity index (χ0v) is 20.3. The number of amides is 2. The van der Waals surface area contributed by atoms with Crippen LogP contribution in [0.2, 0.25) is 0 Å². The summed E-state index contributed by atoms with van der Waals surface area (Å²) in [6, 6.07) is 1.13. The first-order valence-electron chi connectivity index (χ1n) is 9.79. The average Bonchev–Trinajstić information content (AvgIpc) is 3.20. The second kappa shape index (κ2) is 9.80. The maximum absolute atomic E-state index is 13.0. The fourth-order valence-corrected chi connectivity index (χ4v) is 4.98. The van der Waals surface area contributed by atoms with Crippen molar-refractivity contribution in [2.75, 3.05) is 36.8 Å². The summed E-state index contributed by atoms with van der Waals surface area (Å²) in [6.07, 6.45) is 3.05. The summed E-state index contributed by atoms with van der Waals surface area (Å²) in [5.41, 5.74) is 1.03. The first-order chi connectivity index (χ1) is 13.9. The van der Waals surface area contributed by atoms with Gasteiger partial charge < -0.3 is 10.2 Å². The first kappa shape index (κ1) is 24.2. The predicted octanol–water partition coefficient (Wildman–Crippen LogP) is 3.16. The molecule has 2 aromatic rings. The van der Waals surface area contributed by atoms with Crippen LogP contribution in [0.3, 0.4) is 0 Å². The Labute approximate surface area is 183 Å². The molecule has 0 unspecified atom stereocenters. The molecule has 2 rings (SSSR count). The van der Waals surface area contributed by atoms with Gasteiger partial charge in [0.1, 0.15) is 0 Å². The van der Waals surface area contributed by atoms with E-state index in [0.29, 0.717) is 23.8 Å². The maximum Gasteiger partial charge on any atom is 0.334 e. The van der Waals surface area contributed by atoms with Crippen molar-refractivity contribution in [1.82, 2.24) is 19.4 Å². The van der Waals surface area contributed by atoms with Gasteiger partial charge in [0, 0.05) is 36.1 Å². The van der Waals surface area contributed by atoms with Crippen molar-refractivity contribution in [2.45, 2.75) is 39.5 Å². The molecule has 0 saturated carbocycles. The fraction of sp³-hybridized carbons (Fsp3) is 0.579. The highest BCUT2D eigenvalue weighted by molar-refractivity contribution is 7.91. The zero-order chi connectivity index (χ0) is 22.6. The molecule has 2 amide bonds. The third-order valence-corrected chi connectivity index (χ3v) is 7.52. The topological polar surface area (TPSA) is 99.6 Å². The van der Waals surface area contributed by atoms with Crippen LogP contribution in [0.5, 0.6) is 0 Å². The largest absolute Gasteiger partial charge is 0.334 e. The van der Waals surface area contributed by atoms with Crippen LogP contribution < -0.4 is 14.3 Å². The fourth-order valence-electron chi connectivity index (χ4n) is 2.77. The SMILES string of the molecule is CC(C)c1cc(NC(=O)NS(=O)(=O)N(CCN(C)C)c2cnn(C)c2)c(C(C)C)s1. The second-order valence-corrected chi connectivity index (χ2v) is 10.8. The zero-order valence-electron chi connectivity index (χ0n) is 18.6. The van der Waals surface area contributed by atoms with E-state index in [0.717, 1.165) is 14.1 Å². The van der Waals surface area contributed by atoms with Crippen molar-refractivity contribution in [1.29, 1.82) is 0 Å². The van der Waals surface area contributed by atoms with Gasteiger partial charge in [-0.1, -0.05) is 27.7 Å². The smallest absolute Gasteiger partial charge is 0.308 e. The quantitative estimate of drug-likeness (QED) is 0.604. The summed E-state index contributed by atoms with van der Waals surface area (Å²) in [5.74, 6) is 0.531. The minimum atomic E-state index is -4.13. The summed E-state index contributed by atoms with van der Waals surface area (Å²) < 4.78 is 30.8. The van der Waals surface area contributed by atoms with Gasteiger partial charge in [0.2, 0.25) is 0 Å². The van der Waals surface area contributed by atoms with E-state index < -0.39 is 16.2 Å². The van der Waals surface area contributed by atoms with E-state index in [9.17, 15) is 13.2 Å². The highest BCUT2D eigenvalue weighted by atomic mass is 32.2. The molecule has 0 bridgehead atoms. The summed E-state index contributed by atoms with van der Waals surface area (Å²) in [5, 5.41) is 6.77. The number of aromatic nitrogens is 2. The molecule has 0 aromatic carbocycles. The highest BCUT2D eigenvalue weighted by Crippen LogP contribution is 2.36. The van der Waals surface area contributed by atoms with Gasteiger partial charge >= 0.3 is 16.2 Å². The Morgan fingerprint density at radius 2 is 1.87 bits per heavy atom. The Bertz CT molecular complexity index is 963. The Balaban J connectivity index is 2.22. The van der Waals surface area contributed by atoms with Gasteiger partial charge in [-0.25, -0.2) is 13.8 Å². The van der Waals surface area contributed by atoms with Crippen LogP contribution in [-0.4, -0.2) is 56.3 Å². The first-order valence-corrected chi connectivity index (χ1v) is 12.0. The number of anilines is 2.